The monoisotopic (exact) mass is 414 g/mol. The number of nitrogens with zero attached hydrogens (tertiary/aromatic N) is 3. The van der Waals surface area contributed by atoms with Gasteiger partial charge in [0, 0.05) is 16.7 Å². The number of rotatable bonds is 5. The minimum atomic E-state index is -0.181. The van der Waals surface area contributed by atoms with E-state index < -0.39 is 0 Å². The van der Waals surface area contributed by atoms with Crippen LogP contribution in [0.4, 0.5) is 5.69 Å². The Hall–Kier alpha value is -2.49. The molecule has 0 fully saturated rings. The van der Waals surface area contributed by atoms with Gasteiger partial charge in [-0.05, 0) is 30.5 Å². The molecule has 136 valence electrons. The van der Waals surface area contributed by atoms with Crippen molar-refractivity contribution in [3.8, 4) is 0 Å². The second-order valence-corrected chi connectivity index (χ2v) is 8.74. The number of carbonyl (C=O) groups excluding carboxylic acids is 1. The maximum Gasteiger partial charge on any atom is 0.275 e. The summed E-state index contributed by atoms with van der Waals surface area (Å²) in [5.41, 5.74) is 1.25. The van der Waals surface area contributed by atoms with E-state index in [1.54, 1.807) is 6.07 Å². The predicted octanol–water partition coefficient (Wildman–Crippen LogP) is 4.07. The molecule has 0 saturated heterocycles. The van der Waals surface area contributed by atoms with Crippen molar-refractivity contribution in [1.82, 2.24) is 14.6 Å². The van der Waals surface area contributed by atoms with Crippen molar-refractivity contribution >= 4 is 51.0 Å². The van der Waals surface area contributed by atoms with Crippen LogP contribution in [0.3, 0.4) is 0 Å². The molecule has 4 aromatic rings. The number of aromatic nitrogens is 3. The van der Waals surface area contributed by atoms with Crippen LogP contribution >= 0.6 is 34.4 Å². The third-order valence-corrected chi connectivity index (χ3v) is 6.45. The number of thiophene rings is 1. The molecule has 0 spiro atoms. The molecule has 3 heterocycles. The summed E-state index contributed by atoms with van der Waals surface area (Å²) in [5.74, 6) is 0.394. The molecule has 0 aliphatic carbocycles. The highest BCUT2D eigenvalue weighted by molar-refractivity contribution is 7.98. The largest absolute Gasteiger partial charge is 0.320 e. The number of hydrogen-bond donors (Lipinski definition) is 1. The van der Waals surface area contributed by atoms with Gasteiger partial charge in [0.15, 0.2) is 0 Å². The summed E-state index contributed by atoms with van der Waals surface area (Å²) in [5, 5.41) is 9.77. The molecule has 1 amide bonds. The van der Waals surface area contributed by atoms with Crippen LogP contribution in [0.1, 0.15) is 20.4 Å². The minimum absolute atomic E-state index is 0.129. The number of anilines is 1. The summed E-state index contributed by atoms with van der Waals surface area (Å²) in [6.45, 7) is 1.85. The highest BCUT2D eigenvalue weighted by atomic mass is 32.2. The van der Waals surface area contributed by atoms with E-state index >= 15 is 0 Å². The highest BCUT2D eigenvalue weighted by Crippen LogP contribution is 2.30. The van der Waals surface area contributed by atoms with Crippen molar-refractivity contribution in [3.63, 3.8) is 0 Å². The topological polar surface area (TPSA) is 76.4 Å². The first kappa shape index (κ1) is 17.9. The van der Waals surface area contributed by atoms with E-state index in [2.05, 4.69) is 15.4 Å². The van der Waals surface area contributed by atoms with Gasteiger partial charge in [-0.1, -0.05) is 29.5 Å². The van der Waals surface area contributed by atoms with Crippen molar-refractivity contribution < 1.29 is 4.79 Å². The van der Waals surface area contributed by atoms with Crippen LogP contribution in [0.5, 0.6) is 0 Å². The van der Waals surface area contributed by atoms with Crippen LogP contribution in [-0.4, -0.2) is 20.5 Å². The molecule has 0 saturated carbocycles. The lowest BCUT2D eigenvalue weighted by molar-refractivity contribution is 0.103. The van der Waals surface area contributed by atoms with Gasteiger partial charge in [0.2, 0.25) is 4.96 Å². The van der Waals surface area contributed by atoms with E-state index in [-0.39, 0.29) is 11.5 Å². The van der Waals surface area contributed by atoms with Crippen molar-refractivity contribution in [1.29, 1.82) is 0 Å². The molecule has 0 atom stereocenters. The molecular formula is C18H14N4O2S3. The van der Waals surface area contributed by atoms with Gasteiger partial charge in [0.05, 0.1) is 16.3 Å². The number of benzene rings is 1. The first-order valence-corrected chi connectivity index (χ1v) is 10.7. The number of amides is 1. The molecule has 0 unspecified atom stereocenters. The number of aryl methyl sites for hydroxylation is 1. The van der Waals surface area contributed by atoms with Crippen LogP contribution < -0.4 is 10.9 Å². The standard InChI is InChI=1S/C18H14N4O2S3/c1-11-21-22-16(23)9-12(19-18(22)27-11)10-26-14-6-3-2-5-13(14)20-17(24)15-7-4-8-25-15/h2-9H,10H2,1H3,(H,20,24). The minimum Gasteiger partial charge on any atom is -0.320 e. The van der Waals surface area contributed by atoms with Gasteiger partial charge in [0.1, 0.15) is 5.01 Å². The average molecular weight is 415 g/mol. The molecular weight excluding hydrogens is 400 g/mol. The van der Waals surface area contributed by atoms with E-state index in [1.807, 2.05) is 42.6 Å². The Morgan fingerprint density at radius 3 is 2.93 bits per heavy atom. The zero-order valence-electron chi connectivity index (χ0n) is 14.2. The second-order valence-electron chi connectivity index (χ2n) is 5.62. The molecule has 1 N–H and O–H groups in total. The van der Waals surface area contributed by atoms with Crippen molar-refractivity contribution in [2.75, 3.05) is 5.32 Å². The summed E-state index contributed by atoms with van der Waals surface area (Å²) in [6.07, 6.45) is 0. The lowest BCUT2D eigenvalue weighted by Gasteiger charge is -2.10. The number of fused-ring (bicyclic) bond motifs is 1. The summed E-state index contributed by atoms with van der Waals surface area (Å²) < 4.78 is 1.32. The number of carbonyl (C=O) groups is 1. The highest BCUT2D eigenvalue weighted by Gasteiger charge is 2.12. The molecule has 27 heavy (non-hydrogen) atoms. The summed E-state index contributed by atoms with van der Waals surface area (Å²) in [7, 11) is 0. The molecule has 0 bridgehead atoms. The van der Waals surface area contributed by atoms with Crippen LogP contribution in [0.25, 0.3) is 4.96 Å². The number of thioether (sulfide) groups is 1. The van der Waals surface area contributed by atoms with Gasteiger partial charge < -0.3 is 5.32 Å². The second kappa shape index (κ2) is 7.63. The fourth-order valence-corrected chi connectivity index (χ4v) is 4.75. The van der Waals surface area contributed by atoms with Gasteiger partial charge >= 0.3 is 0 Å². The van der Waals surface area contributed by atoms with Gasteiger partial charge in [-0.25, -0.2) is 4.98 Å². The Balaban J connectivity index is 1.53. The van der Waals surface area contributed by atoms with E-state index in [0.29, 0.717) is 21.3 Å². The van der Waals surface area contributed by atoms with E-state index in [0.717, 1.165) is 15.6 Å². The van der Waals surface area contributed by atoms with E-state index in [4.69, 9.17) is 0 Å². The third kappa shape index (κ3) is 3.95. The molecule has 4 rings (SSSR count). The van der Waals surface area contributed by atoms with Gasteiger partial charge in [0.25, 0.3) is 11.5 Å². The molecule has 9 heteroatoms. The zero-order valence-corrected chi connectivity index (χ0v) is 16.7. The fourth-order valence-electron chi connectivity index (χ4n) is 2.46. The quantitative estimate of drug-likeness (QED) is 0.498. The Morgan fingerprint density at radius 1 is 1.26 bits per heavy atom. The Bertz CT molecular complexity index is 1170. The maximum atomic E-state index is 12.3. The third-order valence-electron chi connectivity index (χ3n) is 3.65. The van der Waals surface area contributed by atoms with Crippen LogP contribution in [0, 0.1) is 6.92 Å². The van der Waals surface area contributed by atoms with Crippen molar-refractivity contribution in [2.45, 2.75) is 17.6 Å². The van der Waals surface area contributed by atoms with Gasteiger partial charge in [-0.15, -0.1) is 23.1 Å². The SMILES string of the molecule is Cc1nn2c(=O)cc(CSc3ccccc3NC(=O)c3cccs3)nc2s1. The molecule has 3 aromatic heterocycles. The maximum absolute atomic E-state index is 12.3. The molecule has 0 radical (unpaired) electrons. The van der Waals surface area contributed by atoms with E-state index in [9.17, 15) is 9.59 Å². The van der Waals surface area contributed by atoms with Gasteiger partial charge in [-0.2, -0.15) is 9.61 Å². The smallest absolute Gasteiger partial charge is 0.275 e. The number of nitrogens with one attached hydrogen (secondary N) is 1. The lowest BCUT2D eigenvalue weighted by Crippen LogP contribution is -2.15. The van der Waals surface area contributed by atoms with E-state index in [1.165, 1.54) is 45.0 Å². The van der Waals surface area contributed by atoms with Crippen LogP contribution in [0.15, 0.2) is 57.5 Å². The van der Waals surface area contributed by atoms with Gasteiger partial charge in [-0.3, -0.25) is 9.59 Å². The summed E-state index contributed by atoms with van der Waals surface area (Å²) >= 11 is 4.31. The zero-order chi connectivity index (χ0) is 18.8. The summed E-state index contributed by atoms with van der Waals surface area (Å²) in [6, 6.07) is 12.8. The Kier molecular flexibility index (Phi) is 5.06. The molecule has 6 nitrogen and oxygen atoms in total. The fraction of sp³-hybridized carbons (Fsp3) is 0.111. The van der Waals surface area contributed by atoms with Crippen molar-refractivity contribution in [2.24, 2.45) is 0 Å². The van der Waals surface area contributed by atoms with Crippen LogP contribution in [0.2, 0.25) is 0 Å². The summed E-state index contributed by atoms with van der Waals surface area (Å²) in [4.78, 5) is 31.2. The average Bonchev–Trinajstić information content (AvgIpc) is 3.30. The lowest BCUT2D eigenvalue weighted by atomic mass is 10.3. The molecule has 1 aromatic carbocycles. The predicted molar refractivity (Wildman–Crippen MR) is 110 cm³/mol. The number of para-hydroxylation sites is 1. The first-order chi connectivity index (χ1) is 13.1. The molecule has 0 aliphatic heterocycles. The van der Waals surface area contributed by atoms with Crippen LogP contribution in [-0.2, 0) is 5.75 Å². The Labute approximate surface area is 166 Å². The first-order valence-electron chi connectivity index (χ1n) is 8.03. The Morgan fingerprint density at radius 2 is 2.11 bits per heavy atom. The normalized spacial score (nSPS) is 11.0. The van der Waals surface area contributed by atoms with Crippen molar-refractivity contribution in [3.05, 3.63) is 73.8 Å². The number of hydrogen-bond acceptors (Lipinski definition) is 7. The molecule has 0 aliphatic rings.